The van der Waals surface area contributed by atoms with Crippen molar-refractivity contribution in [2.24, 2.45) is 29.6 Å². The summed E-state index contributed by atoms with van der Waals surface area (Å²) in [7, 11) is 0. The highest BCUT2D eigenvalue weighted by Gasteiger charge is 2.69. The van der Waals surface area contributed by atoms with Crippen LogP contribution in [0.5, 0.6) is 11.5 Å². The minimum atomic E-state index is -0.850. The minimum Gasteiger partial charge on any atom is -0.508 e. The van der Waals surface area contributed by atoms with Gasteiger partial charge in [0.1, 0.15) is 11.5 Å². The zero-order valence-electron chi connectivity index (χ0n) is 24.7. The molecule has 7 atom stereocenters. The van der Waals surface area contributed by atoms with E-state index in [4.69, 9.17) is 9.84 Å². The van der Waals surface area contributed by atoms with Gasteiger partial charge >= 0.3 is 10.8 Å². The van der Waals surface area contributed by atoms with Crippen LogP contribution in [0.2, 0.25) is 0 Å². The van der Waals surface area contributed by atoms with Crippen LogP contribution in [0, 0.1) is 29.6 Å². The number of nitrogens with zero attached hydrogens (tertiary/aromatic N) is 1. The molecule has 13 heteroatoms. The second-order valence-electron chi connectivity index (χ2n) is 12.4. The summed E-state index contributed by atoms with van der Waals surface area (Å²) in [5.74, 6) is -1.72. The van der Waals surface area contributed by atoms with Crippen LogP contribution in [0.4, 0.5) is 5.69 Å². The van der Waals surface area contributed by atoms with Crippen molar-refractivity contribution in [3.63, 3.8) is 0 Å². The highest BCUT2D eigenvalue weighted by molar-refractivity contribution is 8.00. The molecule has 6 unspecified atom stereocenters. The van der Waals surface area contributed by atoms with Crippen LogP contribution >= 0.6 is 23.1 Å². The van der Waals surface area contributed by atoms with E-state index < -0.39 is 5.97 Å². The SMILES string of the molecule is O=C(O)CCCCCN1C(=O)C2C3CC(C2C1=O)C1C3Sc2[nH]c(=O)sc2[C@@H]1c1cccc(OCC(=O)Nc2ccc(O)cc2)c1. The molecule has 2 aliphatic heterocycles. The third-order valence-electron chi connectivity index (χ3n) is 9.83. The zero-order chi connectivity index (χ0) is 32.1. The molecular formula is C33H33N3O8S2. The van der Waals surface area contributed by atoms with Gasteiger partial charge in [0, 0.05) is 34.7 Å². The summed E-state index contributed by atoms with van der Waals surface area (Å²) in [5, 5.41) is 22.0. The number of H-pyrrole nitrogens is 1. The summed E-state index contributed by atoms with van der Waals surface area (Å²) in [5.41, 5.74) is 1.46. The van der Waals surface area contributed by atoms with Gasteiger partial charge in [0.15, 0.2) is 6.61 Å². The first-order valence-corrected chi connectivity index (χ1v) is 17.2. The predicted octanol–water partition coefficient (Wildman–Crippen LogP) is 4.28. The van der Waals surface area contributed by atoms with Crippen LogP contribution in [-0.4, -0.2) is 62.2 Å². The molecule has 7 rings (SSSR count). The number of carbonyl (C=O) groups is 4. The predicted molar refractivity (Wildman–Crippen MR) is 170 cm³/mol. The van der Waals surface area contributed by atoms with Gasteiger partial charge in [0.05, 0.1) is 16.9 Å². The number of hydrogen-bond donors (Lipinski definition) is 4. The molecule has 1 aromatic heterocycles. The Morgan fingerprint density at radius 2 is 1.76 bits per heavy atom. The molecule has 0 radical (unpaired) electrons. The molecule has 4 N–H and O–H groups in total. The number of imide groups is 1. The van der Waals surface area contributed by atoms with E-state index in [9.17, 15) is 29.1 Å². The lowest BCUT2D eigenvalue weighted by Gasteiger charge is -2.43. The average molecular weight is 664 g/mol. The number of aromatic nitrogens is 1. The van der Waals surface area contributed by atoms with Crippen molar-refractivity contribution in [3.05, 3.63) is 68.6 Å². The van der Waals surface area contributed by atoms with Crippen molar-refractivity contribution in [1.29, 1.82) is 0 Å². The van der Waals surface area contributed by atoms with Crippen LogP contribution in [0.1, 0.15) is 48.5 Å². The largest absolute Gasteiger partial charge is 0.508 e. The fourth-order valence-electron chi connectivity index (χ4n) is 8.08. The lowest BCUT2D eigenvalue weighted by molar-refractivity contribution is -0.141. The Balaban J connectivity index is 1.10. The van der Waals surface area contributed by atoms with Crippen LogP contribution in [0.3, 0.4) is 0 Å². The Morgan fingerprint density at radius 3 is 2.52 bits per heavy atom. The number of aromatic hydroxyl groups is 1. The van der Waals surface area contributed by atoms with Gasteiger partial charge in [-0.25, -0.2) is 0 Å². The number of benzene rings is 2. The smallest absolute Gasteiger partial charge is 0.305 e. The number of thioether (sulfide) groups is 1. The van der Waals surface area contributed by atoms with Crippen LogP contribution in [0.15, 0.2) is 58.4 Å². The van der Waals surface area contributed by atoms with E-state index in [-0.39, 0.29) is 82.1 Å². The number of unbranched alkanes of at least 4 members (excludes halogenated alkanes) is 2. The average Bonchev–Trinajstić information content (AvgIpc) is 3.76. The topological polar surface area (TPSA) is 166 Å². The fourth-order valence-corrected chi connectivity index (χ4v) is 11.0. The number of aromatic amines is 1. The third kappa shape index (κ3) is 5.49. The number of rotatable bonds is 11. The number of likely N-dealkylation sites (tertiary alicyclic amines) is 1. The number of ether oxygens (including phenoxy) is 1. The molecule has 4 aliphatic rings. The molecule has 2 saturated carbocycles. The Kier molecular flexibility index (Phi) is 8.14. The van der Waals surface area contributed by atoms with Crippen molar-refractivity contribution in [2.75, 3.05) is 18.5 Å². The molecular weight excluding hydrogens is 631 g/mol. The third-order valence-corrected chi connectivity index (χ3v) is 12.4. The number of carboxylic acid groups (broad SMARTS) is 1. The first-order valence-electron chi connectivity index (χ1n) is 15.5. The number of aliphatic carboxylic acids is 1. The maximum atomic E-state index is 13.8. The van der Waals surface area contributed by atoms with Gasteiger partial charge in [-0.15, -0.1) is 11.8 Å². The second-order valence-corrected chi connectivity index (χ2v) is 14.7. The van der Waals surface area contributed by atoms with Gasteiger partial charge < -0.3 is 25.3 Å². The van der Waals surface area contributed by atoms with Crippen molar-refractivity contribution in [3.8, 4) is 11.5 Å². The normalized spacial score (nSPS) is 27.3. The second kappa shape index (κ2) is 12.3. The van der Waals surface area contributed by atoms with E-state index >= 15 is 0 Å². The van der Waals surface area contributed by atoms with Crippen molar-refractivity contribution in [2.45, 2.75) is 48.3 Å². The fraction of sp³-hybridized carbons (Fsp3) is 0.424. The minimum absolute atomic E-state index is 0.0144. The zero-order valence-corrected chi connectivity index (χ0v) is 26.4. The molecule has 1 saturated heterocycles. The summed E-state index contributed by atoms with van der Waals surface area (Å²) < 4.78 is 5.87. The number of phenols is 1. The molecule has 46 heavy (non-hydrogen) atoms. The molecule has 3 amide bonds. The molecule has 2 aromatic carbocycles. The van der Waals surface area contributed by atoms with Gasteiger partial charge in [-0.2, -0.15) is 0 Å². The van der Waals surface area contributed by atoms with Crippen molar-refractivity contribution < 1.29 is 34.1 Å². The van der Waals surface area contributed by atoms with Gasteiger partial charge in [-0.1, -0.05) is 29.9 Å². The standard InChI is InChI=1S/C33H33N3O8S2/c37-18-10-8-17(9-11-18)34-22(38)15-44-19-6-4-5-16(13-19)24-25-20-14-21(28(25)45-30-29(24)46-33(43)35-30)27-26(20)31(41)36(32(27)42)12-3-1-2-7-23(39)40/h4-6,8-11,13,20-21,24-28,37H,1-3,7,12,14-15H2,(H,34,38)(H,35,43)(H,39,40)/t20?,21?,24-,25?,26?,27?,28?/m1/s1. The number of carboxylic acids is 1. The summed E-state index contributed by atoms with van der Waals surface area (Å²) in [6.45, 7) is 0.0901. The van der Waals surface area contributed by atoms with Crippen LogP contribution in [-0.2, 0) is 19.2 Å². The van der Waals surface area contributed by atoms with Gasteiger partial charge in [-0.3, -0.25) is 28.9 Å². The van der Waals surface area contributed by atoms with E-state index in [1.807, 2.05) is 18.2 Å². The summed E-state index contributed by atoms with van der Waals surface area (Å²) in [6, 6.07) is 13.7. The highest BCUT2D eigenvalue weighted by Crippen LogP contribution is 2.68. The molecule has 3 fully saturated rings. The van der Waals surface area contributed by atoms with E-state index in [1.54, 1.807) is 30.0 Å². The molecule has 3 aromatic rings. The Hall–Kier alpha value is -4.10. The molecule has 3 heterocycles. The van der Waals surface area contributed by atoms with Gasteiger partial charge in [0.2, 0.25) is 11.8 Å². The quantitative estimate of drug-likeness (QED) is 0.133. The first-order chi connectivity index (χ1) is 22.2. The lowest BCUT2D eigenvalue weighted by Crippen LogP contribution is -2.42. The number of anilines is 1. The number of thiazole rings is 1. The summed E-state index contributed by atoms with van der Waals surface area (Å²) in [6.07, 6.45) is 2.59. The van der Waals surface area contributed by atoms with Crippen LogP contribution < -0.4 is 14.9 Å². The summed E-state index contributed by atoms with van der Waals surface area (Å²) >= 11 is 2.81. The number of fused-ring (bicyclic) bond motifs is 9. The van der Waals surface area contributed by atoms with E-state index in [0.717, 1.165) is 21.9 Å². The molecule has 11 nitrogen and oxygen atoms in total. The van der Waals surface area contributed by atoms with E-state index in [1.165, 1.54) is 28.4 Å². The van der Waals surface area contributed by atoms with Crippen molar-refractivity contribution >= 4 is 52.5 Å². The van der Waals surface area contributed by atoms with E-state index in [0.29, 0.717) is 37.2 Å². The first kappa shape index (κ1) is 30.5. The number of hydrogen-bond acceptors (Lipinski definition) is 9. The molecule has 2 bridgehead atoms. The number of amides is 3. The Labute approximate surface area is 272 Å². The monoisotopic (exact) mass is 663 g/mol. The Bertz CT molecular complexity index is 1750. The van der Waals surface area contributed by atoms with Gasteiger partial charge in [-0.05, 0) is 79.0 Å². The number of carbonyl (C=O) groups excluding carboxylic acids is 3. The van der Waals surface area contributed by atoms with Crippen molar-refractivity contribution in [1.82, 2.24) is 9.88 Å². The number of phenolic OH excluding ortho intramolecular Hbond substituents is 1. The molecule has 240 valence electrons. The van der Waals surface area contributed by atoms with Gasteiger partial charge in [0.25, 0.3) is 5.91 Å². The maximum Gasteiger partial charge on any atom is 0.305 e. The highest BCUT2D eigenvalue weighted by atomic mass is 32.2. The number of nitrogens with one attached hydrogen (secondary N) is 2. The maximum absolute atomic E-state index is 13.8. The Morgan fingerprint density at radius 1 is 1.00 bits per heavy atom. The van der Waals surface area contributed by atoms with Crippen LogP contribution in [0.25, 0.3) is 0 Å². The molecule has 0 spiro atoms. The summed E-state index contributed by atoms with van der Waals surface area (Å²) in [4.78, 5) is 68.6. The van der Waals surface area contributed by atoms with E-state index in [2.05, 4.69) is 10.3 Å². The lowest BCUT2D eigenvalue weighted by atomic mass is 9.68. The molecule has 2 aliphatic carbocycles.